The highest BCUT2D eigenvalue weighted by atomic mass is 19.4. The quantitative estimate of drug-likeness (QED) is 0.710. The molecule has 2 N–H and O–H groups in total. The van der Waals surface area contributed by atoms with Gasteiger partial charge in [-0.3, -0.25) is 0 Å². The van der Waals surface area contributed by atoms with Gasteiger partial charge in [0, 0.05) is 35.9 Å². The van der Waals surface area contributed by atoms with E-state index in [4.69, 9.17) is 4.74 Å². The van der Waals surface area contributed by atoms with Crippen molar-refractivity contribution >= 4 is 22.5 Å². The molecule has 0 spiro atoms. The van der Waals surface area contributed by atoms with E-state index in [1.165, 1.54) is 0 Å². The van der Waals surface area contributed by atoms with Crippen LogP contribution in [-0.2, 0) is 4.74 Å². The molecule has 0 aliphatic carbocycles. The number of pyridine rings is 1. The van der Waals surface area contributed by atoms with Crippen LogP contribution in [0.25, 0.3) is 22.4 Å². The van der Waals surface area contributed by atoms with Crippen molar-refractivity contribution in [1.29, 1.82) is 0 Å². The maximum absolute atomic E-state index is 12.8. The monoisotopic (exact) mass is 392 g/mol. The molecule has 0 unspecified atom stereocenters. The van der Waals surface area contributed by atoms with Gasteiger partial charge in [0.25, 0.3) is 0 Å². The standard InChI is InChI=1S/C18H19F3N6O/c1-11-9-28-7-6-27(11)14-8-24-16(26-17(14)25-10-18(19,20)21)13-3-5-23-15-12(13)2-4-22-15/h2-5,8,11H,6-7,9-10H2,1H3,(H,22,23)(H,24,25,26)/t11-/m1/s1. The number of H-pyrrole nitrogens is 1. The third-order valence-corrected chi connectivity index (χ3v) is 4.60. The van der Waals surface area contributed by atoms with E-state index in [1.54, 1.807) is 24.7 Å². The number of hydrogen-bond donors (Lipinski definition) is 2. The Kier molecular flexibility index (Phi) is 4.80. The second-order valence-electron chi connectivity index (χ2n) is 6.61. The number of aromatic nitrogens is 4. The molecule has 7 nitrogen and oxygen atoms in total. The number of alkyl halides is 3. The number of anilines is 2. The maximum atomic E-state index is 12.8. The fourth-order valence-corrected chi connectivity index (χ4v) is 3.27. The molecule has 1 atom stereocenters. The number of ether oxygens (including phenoxy) is 1. The first kappa shape index (κ1) is 18.5. The second kappa shape index (κ2) is 7.27. The van der Waals surface area contributed by atoms with Crippen LogP contribution >= 0.6 is 0 Å². The van der Waals surface area contributed by atoms with Crippen LogP contribution in [0.3, 0.4) is 0 Å². The summed E-state index contributed by atoms with van der Waals surface area (Å²) in [6, 6.07) is 3.59. The number of aromatic amines is 1. The molecule has 148 valence electrons. The van der Waals surface area contributed by atoms with E-state index < -0.39 is 12.7 Å². The van der Waals surface area contributed by atoms with Crippen molar-refractivity contribution < 1.29 is 17.9 Å². The molecule has 0 bridgehead atoms. The van der Waals surface area contributed by atoms with Crippen LogP contribution in [0.15, 0.2) is 30.7 Å². The van der Waals surface area contributed by atoms with E-state index in [0.717, 1.165) is 5.39 Å². The summed E-state index contributed by atoms with van der Waals surface area (Å²) in [5.74, 6) is 0.484. The molecule has 28 heavy (non-hydrogen) atoms. The van der Waals surface area contributed by atoms with Gasteiger partial charge >= 0.3 is 6.18 Å². The van der Waals surface area contributed by atoms with Crippen LogP contribution in [-0.4, -0.2) is 58.5 Å². The Morgan fingerprint density at radius 1 is 1.32 bits per heavy atom. The van der Waals surface area contributed by atoms with E-state index >= 15 is 0 Å². The number of fused-ring (bicyclic) bond motifs is 1. The molecule has 4 rings (SSSR count). The molecular formula is C18H19F3N6O. The summed E-state index contributed by atoms with van der Waals surface area (Å²) in [5, 5.41) is 3.24. The first-order chi connectivity index (χ1) is 13.4. The minimum Gasteiger partial charge on any atom is -0.377 e. The summed E-state index contributed by atoms with van der Waals surface area (Å²) in [4.78, 5) is 18.1. The summed E-state index contributed by atoms with van der Waals surface area (Å²) in [5.41, 5.74) is 1.89. The Bertz CT molecular complexity index is 973. The van der Waals surface area contributed by atoms with Crippen molar-refractivity contribution in [2.75, 3.05) is 36.5 Å². The van der Waals surface area contributed by atoms with Crippen molar-refractivity contribution in [3.63, 3.8) is 0 Å². The first-order valence-corrected chi connectivity index (χ1v) is 8.87. The van der Waals surface area contributed by atoms with E-state index in [2.05, 4.69) is 25.3 Å². The van der Waals surface area contributed by atoms with Gasteiger partial charge in [-0.2, -0.15) is 13.2 Å². The van der Waals surface area contributed by atoms with Crippen LogP contribution in [0.2, 0.25) is 0 Å². The van der Waals surface area contributed by atoms with E-state index in [9.17, 15) is 13.2 Å². The summed E-state index contributed by atoms with van der Waals surface area (Å²) in [6.07, 6.45) is 0.567. The van der Waals surface area contributed by atoms with Gasteiger partial charge < -0.3 is 19.9 Å². The van der Waals surface area contributed by atoms with Gasteiger partial charge in [0.15, 0.2) is 11.6 Å². The minimum atomic E-state index is -4.36. The van der Waals surface area contributed by atoms with Crippen molar-refractivity contribution in [3.8, 4) is 11.4 Å². The SMILES string of the molecule is C[C@@H]1COCCN1c1cnc(-c2ccnc3[nH]ccc23)nc1NCC(F)(F)F. The van der Waals surface area contributed by atoms with Crippen LogP contribution < -0.4 is 10.2 Å². The Balaban J connectivity index is 1.76. The molecule has 0 amide bonds. The highest BCUT2D eigenvalue weighted by molar-refractivity contribution is 5.91. The van der Waals surface area contributed by atoms with E-state index in [-0.39, 0.29) is 11.9 Å². The van der Waals surface area contributed by atoms with Gasteiger partial charge in [-0.15, -0.1) is 0 Å². The number of nitrogens with zero attached hydrogens (tertiary/aromatic N) is 4. The lowest BCUT2D eigenvalue weighted by Crippen LogP contribution is -2.44. The summed E-state index contributed by atoms with van der Waals surface area (Å²) in [6.45, 7) is 2.33. The fraction of sp³-hybridized carbons (Fsp3) is 0.389. The minimum absolute atomic E-state index is 0.00643. The maximum Gasteiger partial charge on any atom is 0.405 e. The molecule has 1 saturated heterocycles. The van der Waals surface area contributed by atoms with Gasteiger partial charge in [-0.05, 0) is 19.1 Å². The third-order valence-electron chi connectivity index (χ3n) is 4.60. The number of nitrogens with one attached hydrogen (secondary N) is 2. The van der Waals surface area contributed by atoms with Crippen molar-refractivity contribution in [2.45, 2.75) is 19.1 Å². The molecule has 1 fully saturated rings. The van der Waals surface area contributed by atoms with Crippen molar-refractivity contribution in [1.82, 2.24) is 19.9 Å². The smallest absolute Gasteiger partial charge is 0.377 e. The van der Waals surface area contributed by atoms with Gasteiger partial charge in [0.1, 0.15) is 12.2 Å². The number of halogens is 3. The zero-order valence-electron chi connectivity index (χ0n) is 15.1. The zero-order chi connectivity index (χ0) is 19.7. The molecule has 3 aromatic rings. The van der Waals surface area contributed by atoms with Gasteiger partial charge in [0.05, 0.1) is 25.1 Å². The predicted molar refractivity (Wildman–Crippen MR) is 99.3 cm³/mol. The lowest BCUT2D eigenvalue weighted by molar-refractivity contribution is -0.115. The van der Waals surface area contributed by atoms with E-state index in [0.29, 0.717) is 42.5 Å². The Morgan fingerprint density at radius 3 is 2.96 bits per heavy atom. The Morgan fingerprint density at radius 2 is 2.18 bits per heavy atom. The normalized spacial score (nSPS) is 17.9. The summed E-state index contributed by atoms with van der Waals surface area (Å²) in [7, 11) is 0. The molecule has 0 radical (unpaired) electrons. The first-order valence-electron chi connectivity index (χ1n) is 8.87. The molecule has 1 aliphatic heterocycles. The molecule has 1 aliphatic rings. The predicted octanol–water partition coefficient (Wildman–Crippen LogP) is 3.22. The summed E-state index contributed by atoms with van der Waals surface area (Å²) >= 11 is 0. The number of morpholine rings is 1. The van der Waals surface area contributed by atoms with Crippen LogP contribution in [0.5, 0.6) is 0 Å². The Hall–Kier alpha value is -2.88. The molecule has 4 heterocycles. The van der Waals surface area contributed by atoms with Crippen LogP contribution in [0.4, 0.5) is 24.7 Å². The highest BCUT2D eigenvalue weighted by Gasteiger charge is 2.29. The summed E-state index contributed by atoms with van der Waals surface area (Å²) < 4.78 is 43.9. The molecular weight excluding hydrogens is 373 g/mol. The topological polar surface area (TPSA) is 79.0 Å². The molecule has 0 saturated carbocycles. The Labute approximate surface area is 159 Å². The van der Waals surface area contributed by atoms with E-state index in [1.807, 2.05) is 17.9 Å². The lowest BCUT2D eigenvalue weighted by atomic mass is 10.1. The lowest BCUT2D eigenvalue weighted by Gasteiger charge is -2.35. The van der Waals surface area contributed by atoms with Crippen LogP contribution in [0.1, 0.15) is 6.92 Å². The largest absolute Gasteiger partial charge is 0.405 e. The fourth-order valence-electron chi connectivity index (χ4n) is 3.27. The second-order valence-corrected chi connectivity index (χ2v) is 6.61. The molecule has 10 heteroatoms. The molecule has 0 aromatic carbocycles. The van der Waals surface area contributed by atoms with Gasteiger partial charge in [-0.1, -0.05) is 0 Å². The highest BCUT2D eigenvalue weighted by Crippen LogP contribution is 2.31. The van der Waals surface area contributed by atoms with Crippen molar-refractivity contribution in [2.24, 2.45) is 0 Å². The van der Waals surface area contributed by atoms with Crippen LogP contribution in [0, 0.1) is 0 Å². The molecule has 3 aromatic heterocycles. The average molecular weight is 392 g/mol. The van der Waals surface area contributed by atoms with Crippen molar-refractivity contribution in [3.05, 3.63) is 30.7 Å². The number of hydrogen-bond acceptors (Lipinski definition) is 6. The van der Waals surface area contributed by atoms with Gasteiger partial charge in [-0.25, -0.2) is 15.0 Å². The number of rotatable bonds is 4. The third kappa shape index (κ3) is 3.72. The zero-order valence-corrected chi connectivity index (χ0v) is 15.1. The van der Waals surface area contributed by atoms with Gasteiger partial charge in [0.2, 0.25) is 0 Å². The average Bonchev–Trinajstić information content (AvgIpc) is 3.15.